The first-order chi connectivity index (χ1) is 12.4. The molecule has 6 heteroatoms. The van der Waals surface area contributed by atoms with Crippen LogP contribution in [0.1, 0.15) is 76.7 Å². The van der Waals surface area contributed by atoms with Crippen molar-refractivity contribution < 1.29 is 13.2 Å². The predicted octanol–water partition coefficient (Wildman–Crippen LogP) is 4.17. The molecule has 1 fully saturated rings. The van der Waals surface area contributed by atoms with Gasteiger partial charge in [0.1, 0.15) is 0 Å². The van der Waals surface area contributed by atoms with Gasteiger partial charge in [-0.2, -0.15) is 0 Å². The highest BCUT2D eigenvalue weighted by Gasteiger charge is 2.16. The first-order valence-electron chi connectivity index (χ1n) is 9.77. The highest BCUT2D eigenvalue weighted by molar-refractivity contribution is 7.90. The van der Waals surface area contributed by atoms with E-state index in [2.05, 4.69) is 22.2 Å². The molecule has 1 saturated carbocycles. The van der Waals surface area contributed by atoms with E-state index in [9.17, 15) is 13.2 Å². The summed E-state index contributed by atoms with van der Waals surface area (Å²) < 4.78 is 25.8. The van der Waals surface area contributed by atoms with E-state index in [1.807, 2.05) is 12.1 Å². The van der Waals surface area contributed by atoms with Crippen molar-refractivity contribution in [3.63, 3.8) is 0 Å². The van der Waals surface area contributed by atoms with Crippen LogP contribution < -0.4 is 10.0 Å². The summed E-state index contributed by atoms with van der Waals surface area (Å²) in [5.41, 5.74) is 2.20. The van der Waals surface area contributed by atoms with E-state index in [-0.39, 0.29) is 5.91 Å². The Morgan fingerprint density at radius 3 is 2.35 bits per heavy atom. The lowest BCUT2D eigenvalue weighted by atomic mass is 9.84. The number of rotatable bonds is 9. The number of hydrogen-bond donors (Lipinski definition) is 2. The number of anilines is 1. The van der Waals surface area contributed by atoms with Crippen LogP contribution in [0.2, 0.25) is 0 Å². The van der Waals surface area contributed by atoms with Crippen molar-refractivity contribution in [2.24, 2.45) is 0 Å². The summed E-state index contributed by atoms with van der Waals surface area (Å²) in [6.45, 7) is 3.68. The van der Waals surface area contributed by atoms with Gasteiger partial charge in [0.15, 0.2) is 0 Å². The smallest absolute Gasteiger partial charge is 0.224 e. The average Bonchev–Trinajstić information content (AvgIpc) is 2.62. The molecule has 2 N–H and O–H groups in total. The lowest BCUT2D eigenvalue weighted by molar-refractivity contribution is -0.116. The zero-order chi connectivity index (χ0) is 19.0. The monoisotopic (exact) mass is 380 g/mol. The molecule has 0 bridgehead atoms. The third-order valence-electron chi connectivity index (χ3n) is 5.03. The molecule has 0 aromatic heterocycles. The van der Waals surface area contributed by atoms with Gasteiger partial charge >= 0.3 is 0 Å². The molecule has 26 heavy (non-hydrogen) atoms. The van der Waals surface area contributed by atoms with Gasteiger partial charge in [-0.05, 0) is 63.1 Å². The van der Waals surface area contributed by atoms with E-state index in [0.29, 0.717) is 31.7 Å². The fourth-order valence-electron chi connectivity index (χ4n) is 3.29. The second-order valence-corrected chi connectivity index (χ2v) is 9.77. The van der Waals surface area contributed by atoms with Gasteiger partial charge in [-0.3, -0.25) is 4.79 Å². The number of unbranched alkanes of at least 4 members (excludes halogenated alkanes) is 1. The van der Waals surface area contributed by atoms with Crippen molar-refractivity contribution in [1.29, 1.82) is 0 Å². The summed E-state index contributed by atoms with van der Waals surface area (Å²) in [6, 6.07) is 8.23. The molecule has 0 saturated heterocycles. The highest BCUT2D eigenvalue weighted by atomic mass is 32.2. The van der Waals surface area contributed by atoms with Crippen LogP contribution in [0.25, 0.3) is 0 Å². The summed E-state index contributed by atoms with van der Waals surface area (Å²) in [7, 11) is -3.21. The molecule has 0 radical (unpaired) electrons. The van der Waals surface area contributed by atoms with Crippen LogP contribution >= 0.6 is 0 Å². The maximum Gasteiger partial charge on any atom is 0.224 e. The van der Waals surface area contributed by atoms with Gasteiger partial charge in [0.05, 0.1) is 5.25 Å². The second-order valence-electron chi connectivity index (χ2n) is 7.45. The maximum atomic E-state index is 12.0. The second kappa shape index (κ2) is 10.1. The molecular formula is C20H32N2O3S. The number of carbonyl (C=O) groups excluding carboxylic acids is 1. The SMILES string of the molecule is CC(C)S(=O)(=O)NCCCCC(=O)Nc1ccc(C2CCCCC2)cc1. The summed E-state index contributed by atoms with van der Waals surface area (Å²) in [4.78, 5) is 12.0. The largest absolute Gasteiger partial charge is 0.326 e. The van der Waals surface area contributed by atoms with Crippen LogP contribution in [0.5, 0.6) is 0 Å². The van der Waals surface area contributed by atoms with Gasteiger partial charge in [0.25, 0.3) is 0 Å². The fourth-order valence-corrected chi connectivity index (χ4v) is 4.05. The highest BCUT2D eigenvalue weighted by Crippen LogP contribution is 2.32. The minimum absolute atomic E-state index is 0.0258. The Bertz CT molecular complexity index is 663. The van der Waals surface area contributed by atoms with Crippen LogP contribution in [0.15, 0.2) is 24.3 Å². The molecule has 1 aromatic rings. The first kappa shape index (κ1) is 20.9. The van der Waals surface area contributed by atoms with E-state index in [4.69, 9.17) is 0 Å². The lowest BCUT2D eigenvalue weighted by Gasteiger charge is -2.22. The zero-order valence-corrected chi connectivity index (χ0v) is 16.8. The molecule has 0 unspecified atom stereocenters. The summed E-state index contributed by atoms with van der Waals surface area (Å²) in [5.74, 6) is 0.644. The Labute approximate surface area is 158 Å². The molecule has 1 amide bonds. The van der Waals surface area contributed by atoms with Crippen molar-refractivity contribution in [2.75, 3.05) is 11.9 Å². The molecule has 1 aliphatic carbocycles. The van der Waals surface area contributed by atoms with Crippen LogP contribution in [-0.2, 0) is 14.8 Å². The number of sulfonamides is 1. The molecule has 146 valence electrons. The van der Waals surface area contributed by atoms with E-state index in [0.717, 1.165) is 5.69 Å². The van der Waals surface area contributed by atoms with Gasteiger partial charge in [-0.15, -0.1) is 0 Å². The standard InChI is InChI=1S/C20H32N2O3S/c1-16(2)26(24,25)21-15-7-6-10-20(23)22-19-13-11-18(12-14-19)17-8-4-3-5-9-17/h11-14,16-17,21H,3-10,15H2,1-2H3,(H,22,23). The fraction of sp³-hybridized carbons (Fsp3) is 0.650. The summed E-state index contributed by atoms with van der Waals surface area (Å²) in [6.07, 6.45) is 8.23. The summed E-state index contributed by atoms with van der Waals surface area (Å²) in [5, 5.41) is 2.49. The van der Waals surface area contributed by atoms with E-state index >= 15 is 0 Å². The Hall–Kier alpha value is -1.40. The summed E-state index contributed by atoms with van der Waals surface area (Å²) >= 11 is 0. The average molecular weight is 381 g/mol. The van der Waals surface area contributed by atoms with Crippen LogP contribution in [-0.4, -0.2) is 26.1 Å². The molecule has 0 heterocycles. The Morgan fingerprint density at radius 2 is 1.73 bits per heavy atom. The van der Waals surface area contributed by atoms with Crippen molar-refractivity contribution in [1.82, 2.24) is 4.72 Å². The predicted molar refractivity (Wildman–Crippen MR) is 107 cm³/mol. The van der Waals surface area contributed by atoms with Crippen molar-refractivity contribution in [3.8, 4) is 0 Å². The van der Waals surface area contributed by atoms with Gasteiger partial charge in [0.2, 0.25) is 15.9 Å². The van der Waals surface area contributed by atoms with Crippen molar-refractivity contribution in [2.45, 2.75) is 76.4 Å². The zero-order valence-electron chi connectivity index (χ0n) is 16.0. The molecule has 5 nitrogen and oxygen atoms in total. The lowest BCUT2D eigenvalue weighted by Crippen LogP contribution is -2.31. The normalized spacial score (nSPS) is 16.0. The van der Waals surface area contributed by atoms with Crippen molar-refractivity contribution >= 4 is 21.6 Å². The van der Waals surface area contributed by atoms with Gasteiger partial charge < -0.3 is 5.32 Å². The number of benzene rings is 1. The van der Waals surface area contributed by atoms with Crippen LogP contribution in [0.4, 0.5) is 5.69 Å². The van der Waals surface area contributed by atoms with E-state index in [1.54, 1.807) is 13.8 Å². The number of nitrogens with one attached hydrogen (secondary N) is 2. The van der Waals surface area contributed by atoms with E-state index < -0.39 is 15.3 Å². The first-order valence-corrected chi connectivity index (χ1v) is 11.3. The molecular weight excluding hydrogens is 348 g/mol. The Morgan fingerprint density at radius 1 is 1.08 bits per heavy atom. The molecule has 1 aromatic carbocycles. The Balaban J connectivity index is 1.67. The molecule has 1 aliphatic rings. The van der Waals surface area contributed by atoms with Crippen LogP contribution in [0.3, 0.4) is 0 Å². The third-order valence-corrected chi connectivity index (χ3v) is 6.87. The quantitative estimate of drug-likeness (QED) is 0.631. The maximum absolute atomic E-state index is 12.0. The molecule has 2 rings (SSSR count). The number of amides is 1. The van der Waals surface area contributed by atoms with Gasteiger partial charge in [-0.1, -0.05) is 31.4 Å². The van der Waals surface area contributed by atoms with Crippen molar-refractivity contribution in [3.05, 3.63) is 29.8 Å². The minimum atomic E-state index is -3.21. The van der Waals surface area contributed by atoms with Gasteiger partial charge in [-0.25, -0.2) is 13.1 Å². The van der Waals surface area contributed by atoms with Gasteiger partial charge in [0, 0.05) is 18.7 Å². The number of carbonyl (C=O) groups is 1. The topological polar surface area (TPSA) is 75.3 Å². The number of hydrogen-bond acceptors (Lipinski definition) is 3. The Kier molecular flexibility index (Phi) is 8.10. The van der Waals surface area contributed by atoms with E-state index in [1.165, 1.54) is 37.7 Å². The van der Waals surface area contributed by atoms with Crippen LogP contribution in [0, 0.1) is 0 Å². The molecule has 0 atom stereocenters. The molecule has 0 aliphatic heterocycles. The molecule has 0 spiro atoms. The minimum Gasteiger partial charge on any atom is -0.326 e. The third kappa shape index (κ3) is 6.72.